The molecule has 1 heterocycles. The van der Waals surface area contributed by atoms with Crippen LogP contribution in [-0.4, -0.2) is 36.0 Å². The van der Waals surface area contributed by atoms with Crippen molar-refractivity contribution in [2.24, 2.45) is 12.1 Å². The van der Waals surface area contributed by atoms with Gasteiger partial charge in [0.1, 0.15) is 5.82 Å². The molecule has 2 aromatic rings. The Morgan fingerprint density at radius 1 is 1.24 bits per heavy atom. The third kappa shape index (κ3) is 4.28. The number of nitrogens with one attached hydrogen (secondary N) is 1. The summed E-state index contributed by atoms with van der Waals surface area (Å²) in [6.45, 7) is 4.79. The maximum Gasteiger partial charge on any atom is 0.329 e. The van der Waals surface area contributed by atoms with E-state index in [0.717, 1.165) is 10.1 Å². The van der Waals surface area contributed by atoms with E-state index < -0.39 is 11.2 Å². The molecule has 1 aromatic carbocycles. The predicted octanol–water partition coefficient (Wildman–Crippen LogP) is 1.34. The summed E-state index contributed by atoms with van der Waals surface area (Å²) in [6, 6.07) is 6.79. The van der Waals surface area contributed by atoms with Gasteiger partial charge in [0, 0.05) is 19.7 Å². The van der Waals surface area contributed by atoms with Gasteiger partial charge in [0.2, 0.25) is 0 Å². The quantitative estimate of drug-likeness (QED) is 0.604. The number of ether oxygens (including phenoxy) is 2. The summed E-state index contributed by atoms with van der Waals surface area (Å²) >= 11 is 0. The Bertz CT molecular complexity index is 838. The summed E-state index contributed by atoms with van der Waals surface area (Å²) in [7, 11) is 2.98. The Morgan fingerprint density at radius 3 is 2.60 bits per heavy atom. The number of benzene rings is 1. The van der Waals surface area contributed by atoms with Crippen molar-refractivity contribution < 1.29 is 9.47 Å². The molecule has 0 aliphatic carbocycles. The number of hydrazone groups is 1. The van der Waals surface area contributed by atoms with Crippen molar-refractivity contribution in [2.45, 2.75) is 13.8 Å². The third-order valence-electron chi connectivity index (χ3n) is 3.54. The fraction of sp³-hybridized carbons (Fsp3) is 0.353. The largest absolute Gasteiger partial charge is 0.493 e. The summed E-state index contributed by atoms with van der Waals surface area (Å²) in [5, 5.41) is 5.87. The van der Waals surface area contributed by atoms with E-state index in [2.05, 4.69) is 10.1 Å². The number of hydrogen-bond acceptors (Lipinski definition) is 6. The van der Waals surface area contributed by atoms with Crippen molar-refractivity contribution in [3.8, 4) is 11.5 Å². The van der Waals surface area contributed by atoms with E-state index in [1.54, 1.807) is 25.5 Å². The van der Waals surface area contributed by atoms with Crippen molar-refractivity contribution in [3.63, 3.8) is 0 Å². The lowest BCUT2D eigenvalue weighted by molar-refractivity contribution is 0.311. The molecule has 0 unspecified atom stereocenters. The third-order valence-corrected chi connectivity index (χ3v) is 3.54. The number of hydrogen-bond donors (Lipinski definition) is 1. The Labute approximate surface area is 145 Å². The molecule has 0 bridgehead atoms. The number of aromatic nitrogens is 2. The molecule has 0 amide bonds. The van der Waals surface area contributed by atoms with Gasteiger partial charge in [-0.25, -0.2) is 9.80 Å². The van der Waals surface area contributed by atoms with E-state index in [1.165, 1.54) is 18.1 Å². The summed E-state index contributed by atoms with van der Waals surface area (Å²) in [6.07, 6.45) is 1.62. The number of aromatic amines is 1. The van der Waals surface area contributed by atoms with Crippen LogP contribution in [0.4, 0.5) is 5.82 Å². The molecular formula is C17H22N4O4. The summed E-state index contributed by atoms with van der Waals surface area (Å²) < 4.78 is 11.8. The smallest absolute Gasteiger partial charge is 0.329 e. The molecule has 0 aliphatic rings. The fourth-order valence-electron chi connectivity index (χ4n) is 2.17. The molecule has 134 valence electrons. The second-order valence-corrected chi connectivity index (χ2v) is 5.16. The van der Waals surface area contributed by atoms with E-state index in [4.69, 9.17) is 9.47 Å². The molecule has 1 aromatic heterocycles. The molecule has 0 fully saturated rings. The average molecular weight is 346 g/mol. The topological polar surface area (TPSA) is 88.9 Å². The number of anilines is 1. The van der Waals surface area contributed by atoms with Crippen LogP contribution in [-0.2, 0) is 7.05 Å². The minimum atomic E-state index is -0.487. The van der Waals surface area contributed by atoms with Gasteiger partial charge >= 0.3 is 5.69 Å². The van der Waals surface area contributed by atoms with Crippen LogP contribution in [0.2, 0.25) is 0 Å². The molecule has 2 rings (SSSR count). The lowest BCUT2D eigenvalue weighted by atomic mass is 10.2. The van der Waals surface area contributed by atoms with Crippen LogP contribution in [0.15, 0.2) is 39.0 Å². The maximum absolute atomic E-state index is 11.8. The van der Waals surface area contributed by atoms with Gasteiger partial charge in [0.05, 0.1) is 19.9 Å². The van der Waals surface area contributed by atoms with Crippen molar-refractivity contribution in [2.75, 3.05) is 25.3 Å². The Morgan fingerprint density at radius 2 is 2.00 bits per heavy atom. The normalized spacial score (nSPS) is 10.9. The monoisotopic (exact) mass is 346 g/mol. The lowest BCUT2D eigenvalue weighted by Gasteiger charge is -2.16. The highest BCUT2D eigenvalue weighted by Gasteiger charge is 2.08. The van der Waals surface area contributed by atoms with Gasteiger partial charge in [-0.1, -0.05) is 0 Å². The first-order valence-corrected chi connectivity index (χ1v) is 7.92. The molecule has 0 radical (unpaired) electrons. The first-order valence-electron chi connectivity index (χ1n) is 7.92. The molecule has 25 heavy (non-hydrogen) atoms. The molecule has 0 aliphatic heterocycles. The lowest BCUT2D eigenvalue weighted by Crippen LogP contribution is -2.34. The minimum absolute atomic E-state index is 0.338. The van der Waals surface area contributed by atoms with Gasteiger partial charge in [-0.05, 0) is 37.6 Å². The van der Waals surface area contributed by atoms with E-state index in [9.17, 15) is 9.59 Å². The van der Waals surface area contributed by atoms with Crippen LogP contribution >= 0.6 is 0 Å². The van der Waals surface area contributed by atoms with Gasteiger partial charge in [-0.15, -0.1) is 0 Å². The van der Waals surface area contributed by atoms with Crippen molar-refractivity contribution >= 4 is 12.0 Å². The number of nitrogens with zero attached hydrogens (tertiary/aromatic N) is 3. The van der Waals surface area contributed by atoms with Gasteiger partial charge < -0.3 is 9.47 Å². The molecule has 0 saturated carbocycles. The number of rotatable bonds is 7. The van der Waals surface area contributed by atoms with Crippen LogP contribution in [0, 0.1) is 0 Å². The predicted molar refractivity (Wildman–Crippen MR) is 97.1 cm³/mol. The van der Waals surface area contributed by atoms with Crippen molar-refractivity contribution in [1.29, 1.82) is 0 Å². The second kappa shape index (κ2) is 8.18. The summed E-state index contributed by atoms with van der Waals surface area (Å²) in [5.74, 6) is 1.60. The second-order valence-electron chi connectivity index (χ2n) is 5.16. The van der Waals surface area contributed by atoms with E-state index in [-0.39, 0.29) is 0 Å². The highest BCUT2D eigenvalue weighted by molar-refractivity contribution is 5.81. The summed E-state index contributed by atoms with van der Waals surface area (Å²) in [4.78, 5) is 26.1. The number of H-pyrrole nitrogens is 1. The first-order chi connectivity index (χ1) is 12.0. The molecule has 8 heteroatoms. The molecular weight excluding hydrogens is 324 g/mol. The zero-order chi connectivity index (χ0) is 18.4. The van der Waals surface area contributed by atoms with E-state index >= 15 is 0 Å². The Hall–Kier alpha value is -3.03. The zero-order valence-corrected chi connectivity index (χ0v) is 14.8. The zero-order valence-electron chi connectivity index (χ0n) is 14.8. The Kier molecular flexibility index (Phi) is 5.99. The van der Waals surface area contributed by atoms with Crippen LogP contribution in [0.3, 0.4) is 0 Å². The van der Waals surface area contributed by atoms with Crippen molar-refractivity contribution in [1.82, 2.24) is 9.55 Å². The highest BCUT2D eigenvalue weighted by Crippen LogP contribution is 2.27. The van der Waals surface area contributed by atoms with E-state index in [0.29, 0.717) is 30.5 Å². The molecule has 0 saturated heterocycles. The molecule has 0 atom stereocenters. The van der Waals surface area contributed by atoms with E-state index in [1.807, 2.05) is 19.9 Å². The SMILES string of the molecule is CCOc1ccc(/C=N/N(CC)c2cc(=O)n(C)c(=O)[nH]2)cc1OC. The fourth-order valence-corrected chi connectivity index (χ4v) is 2.17. The van der Waals surface area contributed by atoms with Crippen LogP contribution < -0.4 is 25.7 Å². The molecule has 1 N–H and O–H groups in total. The van der Waals surface area contributed by atoms with Gasteiger partial charge in [-0.3, -0.25) is 14.3 Å². The summed E-state index contributed by atoms with van der Waals surface area (Å²) in [5.41, 5.74) is -0.0843. The van der Waals surface area contributed by atoms with Crippen LogP contribution in [0.5, 0.6) is 11.5 Å². The first kappa shape index (κ1) is 18.3. The highest BCUT2D eigenvalue weighted by atomic mass is 16.5. The van der Waals surface area contributed by atoms with Gasteiger partial charge in [0.25, 0.3) is 5.56 Å². The van der Waals surface area contributed by atoms with Gasteiger partial charge in [0.15, 0.2) is 11.5 Å². The maximum atomic E-state index is 11.8. The minimum Gasteiger partial charge on any atom is -0.493 e. The molecule has 8 nitrogen and oxygen atoms in total. The molecule has 0 spiro atoms. The average Bonchev–Trinajstić information content (AvgIpc) is 2.61. The van der Waals surface area contributed by atoms with Crippen LogP contribution in [0.25, 0.3) is 0 Å². The van der Waals surface area contributed by atoms with Gasteiger partial charge in [-0.2, -0.15) is 5.10 Å². The number of methoxy groups -OCH3 is 1. The van der Waals surface area contributed by atoms with Crippen LogP contribution in [0.1, 0.15) is 19.4 Å². The van der Waals surface area contributed by atoms with Crippen molar-refractivity contribution in [3.05, 3.63) is 50.7 Å². The standard InChI is InChI=1S/C17H22N4O4/c1-5-21(15-10-16(22)20(3)17(23)19-15)18-11-12-7-8-13(25-6-2)14(9-12)24-4/h7-11H,5-6H2,1-4H3,(H,19,23)/b18-11+. The Balaban J connectivity index is 2.30.